The number of rotatable bonds is 2. The van der Waals surface area contributed by atoms with Crippen molar-refractivity contribution < 1.29 is 9.59 Å². The minimum Gasteiger partial charge on any atom is -0.339 e. The Morgan fingerprint density at radius 3 is 2.12 bits per heavy atom. The summed E-state index contributed by atoms with van der Waals surface area (Å²) in [6, 6.07) is 6.93. The van der Waals surface area contributed by atoms with Gasteiger partial charge in [0.2, 0.25) is 5.91 Å². The van der Waals surface area contributed by atoms with Gasteiger partial charge in [-0.05, 0) is 19.9 Å². The summed E-state index contributed by atoms with van der Waals surface area (Å²) in [6.45, 7) is 7.23. The van der Waals surface area contributed by atoms with E-state index in [1.807, 2.05) is 13.8 Å². The molecule has 0 N–H and O–H groups in total. The molecule has 2 amide bonds. The van der Waals surface area contributed by atoms with Crippen molar-refractivity contribution in [3.05, 3.63) is 40.3 Å². The maximum absolute atomic E-state index is 13.0. The smallest absolute Gasteiger partial charge is 0.275 e. The van der Waals surface area contributed by atoms with Gasteiger partial charge >= 0.3 is 0 Å². The average molecular weight is 342 g/mol. The molecule has 0 aliphatic carbocycles. The van der Waals surface area contributed by atoms with Gasteiger partial charge in [0.15, 0.2) is 5.69 Å². The van der Waals surface area contributed by atoms with Gasteiger partial charge in [-0.1, -0.05) is 18.2 Å². The lowest BCUT2D eigenvalue weighted by Gasteiger charge is -2.34. The zero-order valence-electron chi connectivity index (χ0n) is 14.7. The monoisotopic (exact) mass is 342 g/mol. The summed E-state index contributed by atoms with van der Waals surface area (Å²) in [7, 11) is 0. The van der Waals surface area contributed by atoms with E-state index in [2.05, 4.69) is 5.10 Å². The highest BCUT2D eigenvalue weighted by atomic mass is 16.2. The molecule has 0 bridgehead atoms. The van der Waals surface area contributed by atoms with E-state index in [4.69, 9.17) is 0 Å². The molecule has 0 spiro atoms. The number of nitrogens with zero attached hydrogens (tertiary/aromatic N) is 4. The van der Waals surface area contributed by atoms with Gasteiger partial charge in [-0.15, -0.1) is 0 Å². The Kier molecular flexibility index (Phi) is 4.57. The first kappa shape index (κ1) is 17.1. The third-order valence-electron chi connectivity index (χ3n) is 4.53. The Morgan fingerprint density at radius 1 is 1.00 bits per heavy atom. The number of hydrogen-bond acceptors (Lipinski definition) is 4. The molecule has 3 rings (SSSR count). The lowest BCUT2D eigenvalue weighted by molar-refractivity contribution is -0.130. The van der Waals surface area contributed by atoms with E-state index < -0.39 is 0 Å². The van der Waals surface area contributed by atoms with E-state index in [0.29, 0.717) is 42.6 Å². The standard InChI is InChI=1S/C18H22N4O3/c1-12(2)22-17(24)15-7-5-4-6-14(15)16(19-22)18(25)21-10-8-20(9-11-21)13(3)23/h4-7,12H,8-11H2,1-3H3. The molecule has 132 valence electrons. The van der Waals surface area contributed by atoms with Crippen LogP contribution in [0.4, 0.5) is 0 Å². The minimum absolute atomic E-state index is 0.0176. The maximum Gasteiger partial charge on any atom is 0.275 e. The van der Waals surface area contributed by atoms with E-state index in [1.165, 1.54) is 11.6 Å². The van der Waals surface area contributed by atoms with Crippen LogP contribution in [-0.4, -0.2) is 57.6 Å². The van der Waals surface area contributed by atoms with Crippen LogP contribution in [0.3, 0.4) is 0 Å². The van der Waals surface area contributed by atoms with Crippen LogP contribution in [0.5, 0.6) is 0 Å². The quantitative estimate of drug-likeness (QED) is 0.824. The molecule has 7 heteroatoms. The normalized spacial score (nSPS) is 15.0. The number of benzene rings is 1. The molecule has 1 saturated heterocycles. The third-order valence-corrected chi connectivity index (χ3v) is 4.53. The molecule has 7 nitrogen and oxygen atoms in total. The molecule has 0 atom stereocenters. The van der Waals surface area contributed by atoms with Gasteiger partial charge in [-0.3, -0.25) is 14.4 Å². The molecule has 1 aliphatic heterocycles. The second kappa shape index (κ2) is 6.66. The highest BCUT2D eigenvalue weighted by molar-refractivity contribution is 6.04. The molecule has 0 saturated carbocycles. The molecule has 25 heavy (non-hydrogen) atoms. The van der Waals surface area contributed by atoms with Crippen molar-refractivity contribution in [1.82, 2.24) is 19.6 Å². The highest BCUT2D eigenvalue weighted by Crippen LogP contribution is 2.17. The summed E-state index contributed by atoms with van der Waals surface area (Å²) in [5.41, 5.74) is 0.101. The summed E-state index contributed by atoms with van der Waals surface area (Å²) < 4.78 is 1.36. The fourth-order valence-corrected chi connectivity index (χ4v) is 3.09. The molecule has 1 aromatic heterocycles. The molecular formula is C18H22N4O3. The van der Waals surface area contributed by atoms with Crippen LogP contribution in [0.1, 0.15) is 37.3 Å². The second-order valence-corrected chi connectivity index (χ2v) is 6.54. The van der Waals surface area contributed by atoms with Crippen LogP contribution in [-0.2, 0) is 4.79 Å². The van der Waals surface area contributed by atoms with E-state index in [-0.39, 0.29) is 23.4 Å². The SMILES string of the molecule is CC(=O)N1CCN(C(=O)c2nn(C(C)C)c(=O)c3ccccc23)CC1. The summed E-state index contributed by atoms with van der Waals surface area (Å²) in [5, 5.41) is 5.43. The predicted molar refractivity (Wildman–Crippen MR) is 94.5 cm³/mol. The summed E-state index contributed by atoms with van der Waals surface area (Å²) in [4.78, 5) is 40.5. The van der Waals surface area contributed by atoms with Crippen molar-refractivity contribution in [2.45, 2.75) is 26.8 Å². The zero-order chi connectivity index (χ0) is 18.1. The first-order valence-corrected chi connectivity index (χ1v) is 8.46. The largest absolute Gasteiger partial charge is 0.339 e. The Hall–Kier alpha value is -2.70. The van der Waals surface area contributed by atoms with Crippen LogP contribution < -0.4 is 5.56 Å². The molecule has 2 aromatic rings. The molecule has 0 unspecified atom stereocenters. The van der Waals surface area contributed by atoms with Crippen molar-refractivity contribution in [3.8, 4) is 0 Å². The van der Waals surface area contributed by atoms with E-state index in [0.717, 1.165) is 0 Å². The molecule has 1 aliphatic rings. The van der Waals surface area contributed by atoms with Crippen LogP contribution in [0.15, 0.2) is 29.1 Å². The number of carbonyl (C=O) groups is 2. The van der Waals surface area contributed by atoms with Crippen molar-refractivity contribution >= 4 is 22.6 Å². The van der Waals surface area contributed by atoms with Gasteiger partial charge < -0.3 is 9.80 Å². The fraction of sp³-hybridized carbons (Fsp3) is 0.444. The van der Waals surface area contributed by atoms with Crippen molar-refractivity contribution in [2.24, 2.45) is 0 Å². The molecule has 0 radical (unpaired) electrons. The Bertz CT molecular complexity index is 880. The van der Waals surface area contributed by atoms with Gasteiger partial charge in [-0.25, -0.2) is 4.68 Å². The number of aromatic nitrogens is 2. The zero-order valence-corrected chi connectivity index (χ0v) is 14.7. The number of amides is 2. The van der Waals surface area contributed by atoms with Crippen LogP contribution >= 0.6 is 0 Å². The van der Waals surface area contributed by atoms with Crippen molar-refractivity contribution in [3.63, 3.8) is 0 Å². The lowest BCUT2D eigenvalue weighted by atomic mass is 10.1. The third kappa shape index (κ3) is 3.14. The topological polar surface area (TPSA) is 75.5 Å². The number of piperazine rings is 1. The number of fused-ring (bicyclic) bond motifs is 1. The summed E-state index contributed by atoms with van der Waals surface area (Å²) in [5.74, 6) is -0.183. The van der Waals surface area contributed by atoms with E-state index in [9.17, 15) is 14.4 Å². The Labute approximate surface area is 145 Å². The van der Waals surface area contributed by atoms with Gasteiger partial charge in [0.25, 0.3) is 11.5 Å². The molecular weight excluding hydrogens is 320 g/mol. The van der Waals surface area contributed by atoms with Gasteiger partial charge in [0.05, 0.1) is 11.4 Å². The number of carbonyl (C=O) groups excluding carboxylic acids is 2. The highest BCUT2D eigenvalue weighted by Gasteiger charge is 2.26. The Morgan fingerprint density at radius 2 is 1.56 bits per heavy atom. The lowest BCUT2D eigenvalue weighted by Crippen LogP contribution is -2.50. The minimum atomic E-state index is -0.200. The van der Waals surface area contributed by atoms with E-state index >= 15 is 0 Å². The fourth-order valence-electron chi connectivity index (χ4n) is 3.09. The molecule has 2 heterocycles. The van der Waals surface area contributed by atoms with E-state index in [1.54, 1.807) is 34.1 Å². The first-order chi connectivity index (χ1) is 11.9. The predicted octanol–water partition coefficient (Wildman–Crippen LogP) is 1.28. The average Bonchev–Trinajstić information content (AvgIpc) is 2.61. The molecule has 1 aromatic carbocycles. The number of hydrogen-bond donors (Lipinski definition) is 0. The van der Waals surface area contributed by atoms with Gasteiger partial charge in [0.1, 0.15) is 0 Å². The van der Waals surface area contributed by atoms with Gasteiger partial charge in [-0.2, -0.15) is 5.10 Å². The Balaban J connectivity index is 2.01. The molecule has 1 fully saturated rings. The van der Waals surface area contributed by atoms with Crippen LogP contribution in [0.25, 0.3) is 10.8 Å². The maximum atomic E-state index is 13.0. The summed E-state index contributed by atoms with van der Waals surface area (Å²) in [6.07, 6.45) is 0. The second-order valence-electron chi connectivity index (χ2n) is 6.54. The van der Waals surface area contributed by atoms with Crippen molar-refractivity contribution in [2.75, 3.05) is 26.2 Å². The summed E-state index contributed by atoms with van der Waals surface area (Å²) >= 11 is 0. The van der Waals surface area contributed by atoms with Gasteiger partial charge in [0, 0.05) is 38.5 Å². The van der Waals surface area contributed by atoms with Crippen molar-refractivity contribution in [1.29, 1.82) is 0 Å². The van der Waals surface area contributed by atoms with Crippen LogP contribution in [0, 0.1) is 0 Å². The first-order valence-electron chi connectivity index (χ1n) is 8.46. The van der Waals surface area contributed by atoms with Crippen LogP contribution in [0.2, 0.25) is 0 Å².